The maximum Gasteiger partial charge on any atom is 0.241 e. The van der Waals surface area contributed by atoms with Gasteiger partial charge in [0, 0.05) is 0 Å². The van der Waals surface area contributed by atoms with Crippen LogP contribution in [-0.2, 0) is 16.4 Å². The van der Waals surface area contributed by atoms with E-state index in [-0.39, 0.29) is 4.90 Å². The largest absolute Gasteiger partial charge is 0.391 e. The monoisotopic (exact) mass is 271 g/mol. The number of rotatable bonds is 5. The number of nitrogens with one attached hydrogen (secondary N) is 1. The van der Waals surface area contributed by atoms with Crippen molar-refractivity contribution in [3.05, 3.63) is 29.8 Å². The smallest absolute Gasteiger partial charge is 0.241 e. The molecule has 1 aromatic carbocycles. The van der Waals surface area contributed by atoms with Crippen molar-refractivity contribution in [3.8, 4) is 0 Å². The second-order valence-corrected chi connectivity index (χ2v) is 6.68. The summed E-state index contributed by atoms with van der Waals surface area (Å²) in [6, 6.07) is 6.76. The number of aliphatic hydroxyl groups is 1. The lowest BCUT2D eigenvalue weighted by atomic mass is 10.0. The predicted molar refractivity (Wildman–Crippen MR) is 71.9 cm³/mol. The Balaban J connectivity index is 2.99. The van der Waals surface area contributed by atoms with Crippen molar-refractivity contribution in [3.63, 3.8) is 0 Å². The Bertz CT molecular complexity index is 489. The Labute approximate surface area is 109 Å². The highest BCUT2D eigenvalue weighted by molar-refractivity contribution is 7.89. The highest BCUT2D eigenvalue weighted by Gasteiger charge is 2.30. The van der Waals surface area contributed by atoms with Gasteiger partial charge in [-0.15, -0.1) is 0 Å². The molecule has 0 aliphatic heterocycles. The molecule has 4 nitrogen and oxygen atoms in total. The van der Waals surface area contributed by atoms with Gasteiger partial charge in [-0.05, 0) is 44.9 Å². The van der Waals surface area contributed by atoms with Crippen molar-refractivity contribution in [1.82, 2.24) is 4.72 Å². The topological polar surface area (TPSA) is 66.4 Å². The van der Waals surface area contributed by atoms with Crippen molar-refractivity contribution >= 4 is 10.0 Å². The molecule has 0 aliphatic carbocycles. The number of aryl methyl sites for hydroxylation is 1. The molecule has 18 heavy (non-hydrogen) atoms. The minimum atomic E-state index is -3.60. The highest BCUT2D eigenvalue weighted by Crippen LogP contribution is 2.16. The fourth-order valence-corrected chi connectivity index (χ4v) is 2.87. The van der Waals surface area contributed by atoms with Gasteiger partial charge in [-0.1, -0.05) is 19.1 Å². The summed E-state index contributed by atoms with van der Waals surface area (Å²) in [6.45, 7) is 6.87. The molecule has 0 saturated carbocycles. The van der Waals surface area contributed by atoms with Gasteiger partial charge in [-0.2, -0.15) is 0 Å². The molecule has 2 N–H and O–H groups in total. The molecule has 0 aromatic heterocycles. The summed E-state index contributed by atoms with van der Waals surface area (Å²) in [7, 11) is -3.60. The SMILES string of the molecule is CCc1ccc(S(=O)(=O)NC(C)(C)C(C)O)cc1. The first-order valence-corrected chi connectivity index (χ1v) is 7.48. The molecule has 1 rings (SSSR count). The van der Waals surface area contributed by atoms with Gasteiger partial charge >= 0.3 is 0 Å². The van der Waals surface area contributed by atoms with Crippen LogP contribution in [0.25, 0.3) is 0 Å². The molecule has 0 radical (unpaired) electrons. The van der Waals surface area contributed by atoms with Crippen LogP contribution in [0.15, 0.2) is 29.2 Å². The summed E-state index contributed by atoms with van der Waals surface area (Å²) in [5.41, 5.74) is 0.186. The molecule has 0 aliphatic rings. The van der Waals surface area contributed by atoms with Gasteiger partial charge in [-0.3, -0.25) is 0 Å². The minimum absolute atomic E-state index is 0.216. The summed E-state index contributed by atoms with van der Waals surface area (Å²) in [6.07, 6.45) is 0.0922. The van der Waals surface area contributed by atoms with Gasteiger partial charge in [0.15, 0.2) is 0 Å². The third-order valence-electron chi connectivity index (χ3n) is 3.08. The summed E-state index contributed by atoms with van der Waals surface area (Å²) in [4.78, 5) is 0.216. The third kappa shape index (κ3) is 3.54. The molecule has 1 unspecified atom stereocenters. The zero-order valence-corrected chi connectivity index (χ0v) is 12.1. The van der Waals surface area contributed by atoms with Crippen molar-refractivity contribution in [2.24, 2.45) is 0 Å². The van der Waals surface area contributed by atoms with Crippen LogP contribution in [0.2, 0.25) is 0 Å². The van der Waals surface area contributed by atoms with E-state index in [4.69, 9.17) is 0 Å². The quantitative estimate of drug-likeness (QED) is 0.856. The van der Waals surface area contributed by atoms with Crippen molar-refractivity contribution < 1.29 is 13.5 Å². The molecule has 0 bridgehead atoms. The zero-order chi connectivity index (χ0) is 14.0. The Morgan fingerprint density at radius 2 is 1.78 bits per heavy atom. The maximum absolute atomic E-state index is 12.1. The molecule has 0 saturated heterocycles. The predicted octanol–water partition coefficient (Wildman–Crippen LogP) is 1.69. The van der Waals surface area contributed by atoms with Crippen LogP contribution in [0.3, 0.4) is 0 Å². The first-order chi connectivity index (χ1) is 8.19. The van der Waals surface area contributed by atoms with Crippen LogP contribution in [0.4, 0.5) is 0 Å². The van der Waals surface area contributed by atoms with Gasteiger partial charge in [0.1, 0.15) is 0 Å². The fraction of sp³-hybridized carbons (Fsp3) is 0.538. The number of sulfonamides is 1. The molecule has 0 heterocycles. The third-order valence-corrected chi connectivity index (χ3v) is 4.77. The summed E-state index contributed by atoms with van der Waals surface area (Å²) in [5, 5.41) is 9.55. The van der Waals surface area contributed by atoms with Crippen molar-refractivity contribution in [2.45, 2.75) is 50.7 Å². The van der Waals surface area contributed by atoms with Crippen LogP contribution >= 0.6 is 0 Å². The number of hydrogen-bond donors (Lipinski definition) is 2. The lowest BCUT2D eigenvalue weighted by Crippen LogP contribution is -2.50. The average molecular weight is 271 g/mol. The molecule has 1 aromatic rings. The van der Waals surface area contributed by atoms with E-state index in [1.54, 1.807) is 45.0 Å². The summed E-state index contributed by atoms with van der Waals surface area (Å²) >= 11 is 0. The van der Waals surface area contributed by atoms with Crippen molar-refractivity contribution in [2.75, 3.05) is 0 Å². The first kappa shape index (κ1) is 15.1. The van der Waals surface area contributed by atoms with Gasteiger partial charge in [0.25, 0.3) is 0 Å². The fourth-order valence-electron chi connectivity index (χ4n) is 1.39. The number of hydrogen-bond acceptors (Lipinski definition) is 3. The molecule has 0 amide bonds. The molecule has 0 spiro atoms. The van der Waals surface area contributed by atoms with E-state index < -0.39 is 21.7 Å². The van der Waals surface area contributed by atoms with E-state index in [9.17, 15) is 13.5 Å². The van der Waals surface area contributed by atoms with Gasteiger partial charge < -0.3 is 5.11 Å². The normalized spacial score (nSPS) is 14.5. The second kappa shape index (κ2) is 5.38. The van der Waals surface area contributed by atoms with Gasteiger partial charge in [0.05, 0.1) is 16.5 Å². The molecule has 5 heteroatoms. The molecule has 1 atom stereocenters. The van der Waals surface area contributed by atoms with Crippen LogP contribution < -0.4 is 4.72 Å². The Morgan fingerprint density at radius 3 is 2.17 bits per heavy atom. The lowest BCUT2D eigenvalue weighted by molar-refractivity contribution is 0.111. The van der Waals surface area contributed by atoms with Crippen LogP contribution in [0, 0.1) is 0 Å². The van der Waals surface area contributed by atoms with E-state index in [0.717, 1.165) is 12.0 Å². The number of aliphatic hydroxyl groups excluding tert-OH is 1. The Morgan fingerprint density at radius 1 is 1.28 bits per heavy atom. The van der Waals surface area contributed by atoms with Gasteiger partial charge in [0.2, 0.25) is 10.0 Å². The highest BCUT2D eigenvalue weighted by atomic mass is 32.2. The summed E-state index contributed by atoms with van der Waals surface area (Å²) in [5.74, 6) is 0. The van der Waals surface area contributed by atoms with Crippen LogP contribution in [0.5, 0.6) is 0 Å². The molecular weight excluding hydrogens is 250 g/mol. The molecule has 0 fully saturated rings. The lowest BCUT2D eigenvalue weighted by Gasteiger charge is -2.28. The second-order valence-electron chi connectivity index (χ2n) is 5.00. The van der Waals surface area contributed by atoms with Crippen LogP contribution in [0.1, 0.15) is 33.3 Å². The maximum atomic E-state index is 12.1. The number of benzene rings is 1. The van der Waals surface area contributed by atoms with E-state index in [2.05, 4.69) is 4.72 Å². The van der Waals surface area contributed by atoms with E-state index in [1.807, 2.05) is 6.92 Å². The molecular formula is C13H21NO3S. The Kier molecular flexibility index (Phi) is 4.53. The molecule has 102 valence electrons. The van der Waals surface area contributed by atoms with Crippen LogP contribution in [-0.4, -0.2) is 25.2 Å². The Hall–Kier alpha value is -0.910. The summed E-state index contributed by atoms with van der Waals surface area (Å²) < 4.78 is 26.8. The van der Waals surface area contributed by atoms with E-state index >= 15 is 0 Å². The van der Waals surface area contributed by atoms with E-state index in [1.165, 1.54) is 0 Å². The first-order valence-electron chi connectivity index (χ1n) is 6.00. The van der Waals surface area contributed by atoms with Gasteiger partial charge in [-0.25, -0.2) is 13.1 Å². The van der Waals surface area contributed by atoms with Crippen molar-refractivity contribution in [1.29, 1.82) is 0 Å². The zero-order valence-electron chi connectivity index (χ0n) is 11.3. The minimum Gasteiger partial charge on any atom is -0.391 e. The van der Waals surface area contributed by atoms with E-state index in [0.29, 0.717) is 0 Å². The standard InChI is InChI=1S/C13H21NO3S/c1-5-11-6-8-12(9-7-11)18(16,17)14-13(3,4)10(2)15/h6-10,14-15H,5H2,1-4H3. The average Bonchev–Trinajstić information content (AvgIpc) is 2.27.